The van der Waals surface area contributed by atoms with Crippen LogP contribution in [-0.4, -0.2) is 29.2 Å². The van der Waals surface area contributed by atoms with Crippen molar-refractivity contribution in [2.75, 3.05) is 0 Å². The molecule has 0 aromatic rings. The molecule has 0 bridgehead atoms. The maximum absolute atomic E-state index is 14.2. The lowest BCUT2D eigenvalue weighted by atomic mass is 9.47. The SMILES string of the molecule is [2H][C@H](C[C@@H](C)[C@H]1CC[C@H]2[C@@H]3CC=C4C[C@@H](O)CC[C@]4(C)[C@H]3CC[C@]12C)CC(F)(C(F)(F)F)C(F)(F)F. The second-order valence-electron chi connectivity index (χ2n) is 12.4. The highest BCUT2D eigenvalue weighted by molar-refractivity contribution is 5.25. The van der Waals surface area contributed by atoms with Crippen molar-refractivity contribution >= 4 is 0 Å². The van der Waals surface area contributed by atoms with E-state index in [-0.39, 0.29) is 35.2 Å². The van der Waals surface area contributed by atoms with Crippen LogP contribution in [0.3, 0.4) is 0 Å². The first kappa shape index (κ1) is 25.8. The zero-order chi connectivity index (χ0) is 26.9. The zero-order valence-corrected chi connectivity index (χ0v) is 20.8. The minimum Gasteiger partial charge on any atom is -0.393 e. The van der Waals surface area contributed by atoms with Crippen LogP contribution in [0.1, 0.15) is 92.7 Å². The van der Waals surface area contributed by atoms with Crippen LogP contribution in [0.25, 0.3) is 0 Å². The van der Waals surface area contributed by atoms with Gasteiger partial charge >= 0.3 is 12.4 Å². The van der Waals surface area contributed by atoms with E-state index in [1.807, 2.05) is 6.92 Å². The third-order valence-electron chi connectivity index (χ3n) is 10.7. The number of rotatable bonds is 5. The fourth-order valence-electron chi connectivity index (χ4n) is 8.72. The summed E-state index contributed by atoms with van der Waals surface area (Å²) >= 11 is 0. The van der Waals surface area contributed by atoms with Crippen LogP contribution in [0.15, 0.2) is 11.6 Å². The van der Waals surface area contributed by atoms with Gasteiger partial charge in [-0.3, -0.25) is 0 Å². The van der Waals surface area contributed by atoms with Gasteiger partial charge < -0.3 is 5.11 Å². The molecule has 0 heterocycles. The summed E-state index contributed by atoms with van der Waals surface area (Å²) in [6.07, 6.45) is -6.83. The number of alkyl halides is 7. The number of aliphatic hydroxyl groups excluding tert-OH is 1. The van der Waals surface area contributed by atoms with E-state index in [0.29, 0.717) is 17.8 Å². The maximum atomic E-state index is 14.2. The Kier molecular flexibility index (Phi) is 6.57. The minimum absolute atomic E-state index is 0.0824. The summed E-state index contributed by atoms with van der Waals surface area (Å²) in [5.41, 5.74) is -3.99. The van der Waals surface area contributed by atoms with E-state index in [0.717, 1.165) is 51.4 Å². The van der Waals surface area contributed by atoms with Crippen molar-refractivity contribution in [3.63, 3.8) is 0 Å². The molecule has 0 aliphatic heterocycles. The molecule has 4 aliphatic rings. The van der Waals surface area contributed by atoms with E-state index in [9.17, 15) is 35.8 Å². The van der Waals surface area contributed by atoms with Gasteiger partial charge in [0.2, 0.25) is 0 Å². The Morgan fingerprint density at radius 1 is 1.00 bits per heavy atom. The van der Waals surface area contributed by atoms with Crippen LogP contribution in [0.5, 0.6) is 0 Å². The summed E-state index contributed by atoms with van der Waals surface area (Å²) in [6, 6.07) is 0. The fraction of sp³-hybridized carbons (Fsp3) is 0.926. The summed E-state index contributed by atoms with van der Waals surface area (Å²) < 4.78 is 100. The van der Waals surface area contributed by atoms with E-state index >= 15 is 0 Å². The van der Waals surface area contributed by atoms with Crippen LogP contribution in [0.2, 0.25) is 0 Å². The molecule has 3 fully saturated rings. The van der Waals surface area contributed by atoms with Crippen molar-refractivity contribution in [3.8, 4) is 0 Å². The molecule has 3 saturated carbocycles. The maximum Gasteiger partial charge on any atom is 0.431 e. The monoisotopic (exact) mass is 513 g/mol. The largest absolute Gasteiger partial charge is 0.431 e. The molecular formula is C27H39F7O. The molecule has 0 unspecified atom stereocenters. The molecule has 0 aromatic heterocycles. The summed E-state index contributed by atoms with van der Waals surface area (Å²) in [6.45, 7) is 6.36. The van der Waals surface area contributed by atoms with Gasteiger partial charge in [-0.2, -0.15) is 26.3 Å². The first-order valence-electron chi connectivity index (χ1n) is 13.6. The Morgan fingerprint density at radius 2 is 1.66 bits per heavy atom. The number of hydrogen-bond acceptors (Lipinski definition) is 1. The predicted octanol–water partition coefficient (Wildman–Crippen LogP) is 8.57. The van der Waals surface area contributed by atoms with Gasteiger partial charge in [-0.15, -0.1) is 0 Å². The van der Waals surface area contributed by atoms with Crippen molar-refractivity contribution < 1.29 is 37.2 Å². The zero-order valence-electron chi connectivity index (χ0n) is 21.8. The lowest BCUT2D eigenvalue weighted by Crippen LogP contribution is -2.53. The molecular weight excluding hydrogens is 473 g/mol. The van der Waals surface area contributed by atoms with Gasteiger partial charge in [0, 0.05) is 1.37 Å². The van der Waals surface area contributed by atoms with Crippen LogP contribution in [0.4, 0.5) is 30.7 Å². The Balaban J connectivity index is 1.47. The van der Waals surface area contributed by atoms with Gasteiger partial charge in [-0.25, -0.2) is 4.39 Å². The molecule has 8 heteroatoms. The van der Waals surface area contributed by atoms with Gasteiger partial charge in [0.25, 0.3) is 5.67 Å². The van der Waals surface area contributed by atoms with Gasteiger partial charge in [0.15, 0.2) is 0 Å². The van der Waals surface area contributed by atoms with E-state index in [1.54, 1.807) is 0 Å². The molecule has 1 nitrogen and oxygen atoms in total. The van der Waals surface area contributed by atoms with Gasteiger partial charge in [-0.05, 0) is 105 Å². The molecule has 202 valence electrons. The molecule has 0 aromatic carbocycles. The Morgan fingerprint density at radius 3 is 2.29 bits per heavy atom. The second-order valence-corrected chi connectivity index (χ2v) is 12.4. The molecule has 35 heavy (non-hydrogen) atoms. The van der Waals surface area contributed by atoms with Crippen molar-refractivity contribution in [1.29, 1.82) is 0 Å². The number of aliphatic hydroxyl groups is 1. The Hall–Kier alpha value is -0.790. The molecule has 4 rings (SSSR count). The lowest BCUT2D eigenvalue weighted by Gasteiger charge is -2.58. The molecule has 0 spiro atoms. The topological polar surface area (TPSA) is 20.2 Å². The highest BCUT2D eigenvalue weighted by Crippen LogP contribution is 2.67. The van der Waals surface area contributed by atoms with Crippen LogP contribution in [-0.2, 0) is 0 Å². The molecule has 1 N–H and O–H groups in total. The van der Waals surface area contributed by atoms with Crippen LogP contribution in [0, 0.1) is 40.4 Å². The van der Waals surface area contributed by atoms with Crippen LogP contribution < -0.4 is 0 Å². The summed E-state index contributed by atoms with van der Waals surface area (Å²) in [7, 11) is 0. The summed E-state index contributed by atoms with van der Waals surface area (Å²) in [4.78, 5) is 0. The smallest absolute Gasteiger partial charge is 0.393 e. The average molecular weight is 514 g/mol. The minimum atomic E-state index is -6.10. The number of hydrogen-bond donors (Lipinski definition) is 1. The van der Waals surface area contributed by atoms with E-state index in [1.165, 1.54) is 5.57 Å². The van der Waals surface area contributed by atoms with Crippen molar-refractivity contribution in [2.24, 2.45) is 40.4 Å². The van der Waals surface area contributed by atoms with Gasteiger partial charge in [0.05, 0.1) is 6.10 Å². The predicted molar refractivity (Wildman–Crippen MR) is 120 cm³/mol. The highest BCUT2D eigenvalue weighted by atomic mass is 19.4. The fourth-order valence-corrected chi connectivity index (χ4v) is 8.72. The van der Waals surface area contributed by atoms with E-state index < -0.39 is 30.8 Å². The standard InChI is InChI=1S/C27H39F7O/c1-16(5-4-12-25(28,26(29,30)31)27(32,33)34)20-8-9-21-19-7-6-17-15-18(35)10-13-23(17,2)22(19)11-14-24(20,21)3/h6,16,18-22,35H,4-5,7-15H2,1-3H3/t16-,18+,19+,20-,21+,22+,23+,24-/m1/s1/i4D/t4-,16-,18+,19+,20-,21+,22+,23+,24-. The van der Waals surface area contributed by atoms with E-state index in [4.69, 9.17) is 1.37 Å². The summed E-state index contributed by atoms with van der Waals surface area (Å²) in [5.74, 6) is 1.24. The molecule has 0 amide bonds. The third-order valence-corrected chi connectivity index (χ3v) is 10.7. The number of halogens is 7. The highest BCUT2D eigenvalue weighted by Gasteiger charge is 2.71. The first-order valence-corrected chi connectivity index (χ1v) is 13.1. The quantitative estimate of drug-likeness (QED) is 0.288. The first-order chi connectivity index (χ1) is 16.4. The second kappa shape index (κ2) is 8.90. The molecule has 9 atom stereocenters. The lowest BCUT2D eigenvalue weighted by molar-refractivity contribution is -0.343. The van der Waals surface area contributed by atoms with Crippen molar-refractivity contribution in [3.05, 3.63) is 11.6 Å². The molecule has 0 radical (unpaired) electrons. The summed E-state index contributed by atoms with van der Waals surface area (Å²) in [5, 5.41) is 10.2. The van der Waals surface area contributed by atoms with Gasteiger partial charge in [0.1, 0.15) is 0 Å². The van der Waals surface area contributed by atoms with Crippen molar-refractivity contribution in [1.82, 2.24) is 0 Å². The average Bonchev–Trinajstić information content (AvgIpc) is 3.10. The van der Waals surface area contributed by atoms with Gasteiger partial charge in [-0.1, -0.05) is 38.8 Å². The Bertz CT molecular complexity index is 840. The normalized spacial score (nSPS) is 42.3. The third kappa shape index (κ3) is 4.35. The Labute approximate surface area is 205 Å². The van der Waals surface area contributed by atoms with Crippen molar-refractivity contribution in [2.45, 2.75) is 116 Å². The molecule has 4 aliphatic carbocycles. The van der Waals surface area contributed by atoms with Crippen LogP contribution >= 0.6 is 0 Å². The number of allylic oxidation sites excluding steroid dienone is 1. The van der Waals surface area contributed by atoms with E-state index in [2.05, 4.69) is 19.9 Å². The molecule has 0 saturated heterocycles. The number of fused-ring (bicyclic) bond motifs is 5.